The molecule has 2 saturated carbocycles. The molecule has 2 rings (SSSR count). The van der Waals surface area contributed by atoms with Gasteiger partial charge >= 0.3 is 0 Å². The van der Waals surface area contributed by atoms with Gasteiger partial charge in [0.25, 0.3) is 0 Å². The lowest BCUT2D eigenvalue weighted by atomic mass is 9.77. The van der Waals surface area contributed by atoms with Crippen molar-refractivity contribution in [2.75, 3.05) is 0 Å². The number of fused-ring (bicyclic) bond motifs is 2. The molecule has 2 aliphatic carbocycles. The Morgan fingerprint density at radius 1 is 1.27 bits per heavy atom. The van der Waals surface area contributed by atoms with E-state index >= 15 is 0 Å². The lowest BCUT2D eigenvalue weighted by molar-refractivity contribution is 0.268. The van der Waals surface area contributed by atoms with Crippen LogP contribution >= 0.6 is 0 Å². The van der Waals surface area contributed by atoms with E-state index < -0.39 is 5.54 Å². The van der Waals surface area contributed by atoms with E-state index in [0.29, 0.717) is 0 Å². The number of hydrogen-bond acceptors (Lipinski definition) is 2. The Labute approximate surface area is 67.4 Å². The van der Waals surface area contributed by atoms with E-state index in [2.05, 4.69) is 6.07 Å². The van der Waals surface area contributed by atoms with E-state index in [1.807, 2.05) is 0 Å². The van der Waals surface area contributed by atoms with Crippen LogP contribution in [-0.4, -0.2) is 5.54 Å². The zero-order chi connectivity index (χ0) is 7.90. The number of nitrogens with zero attached hydrogens (tertiary/aromatic N) is 1. The van der Waals surface area contributed by atoms with Crippen LogP contribution in [0.3, 0.4) is 0 Å². The average Bonchev–Trinajstić information content (AvgIpc) is 2.31. The summed E-state index contributed by atoms with van der Waals surface area (Å²) in [5, 5.41) is 8.84. The van der Waals surface area contributed by atoms with Crippen LogP contribution in [0, 0.1) is 23.2 Å². The molecule has 2 aliphatic rings. The van der Waals surface area contributed by atoms with Crippen molar-refractivity contribution in [1.82, 2.24) is 0 Å². The van der Waals surface area contributed by atoms with E-state index in [9.17, 15) is 0 Å². The van der Waals surface area contributed by atoms with Crippen LogP contribution in [0.4, 0.5) is 0 Å². The molecule has 0 aromatic rings. The second-order valence-corrected chi connectivity index (χ2v) is 4.22. The molecule has 0 amide bonds. The Morgan fingerprint density at radius 3 is 2.27 bits per heavy atom. The highest BCUT2D eigenvalue weighted by molar-refractivity contribution is 5.10. The largest absolute Gasteiger partial charge is 0.313 e. The van der Waals surface area contributed by atoms with Gasteiger partial charge in [-0.1, -0.05) is 12.8 Å². The first-order valence-electron chi connectivity index (χ1n) is 4.42. The van der Waals surface area contributed by atoms with E-state index in [4.69, 9.17) is 11.0 Å². The zero-order valence-corrected chi connectivity index (χ0v) is 6.71. The summed E-state index contributed by atoms with van der Waals surface area (Å²) < 4.78 is 0. The van der Waals surface area contributed by atoms with Gasteiger partial charge in [0.05, 0.1) is 6.07 Å². The molecule has 2 fully saturated rings. The number of nitriles is 1. The molecule has 0 heterocycles. The van der Waals surface area contributed by atoms with Crippen LogP contribution in [0.5, 0.6) is 0 Å². The third kappa shape index (κ3) is 1.14. The van der Waals surface area contributed by atoms with Crippen LogP contribution in [0.25, 0.3) is 0 Å². The topological polar surface area (TPSA) is 49.8 Å². The second-order valence-electron chi connectivity index (χ2n) is 4.22. The van der Waals surface area contributed by atoms with Crippen LogP contribution < -0.4 is 5.73 Å². The molecule has 1 unspecified atom stereocenters. The zero-order valence-electron chi connectivity index (χ0n) is 6.71. The predicted octanol–water partition coefficient (Wildman–Crippen LogP) is 1.42. The minimum Gasteiger partial charge on any atom is -0.313 e. The quantitative estimate of drug-likeness (QED) is 0.567. The molecule has 2 heteroatoms. The fraction of sp³-hybridized carbons (Fsp3) is 0.889. The standard InChI is InChI=1S/C9H14N2/c10-6-9(11)4-7-1-2-8(3-7)5-9/h7-8H,1-5,11H2/t7-,8+,9?. The third-order valence-corrected chi connectivity index (χ3v) is 3.18. The minimum atomic E-state index is -0.468. The Hall–Kier alpha value is -0.550. The number of rotatable bonds is 0. The SMILES string of the molecule is N#CC1(N)C[C@@H]2CC[C@@H](C2)C1. The van der Waals surface area contributed by atoms with Crippen molar-refractivity contribution in [3.8, 4) is 6.07 Å². The highest BCUT2D eigenvalue weighted by atomic mass is 14.8. The third-order valence-electron chi connectivity index (χ3n) is 3.18. The lowest BCUT2D eigenvalue weighted by Gasteiger charge is -2.31. The summed E-state index contributed by atoms with van der Waals surface area (Å²) in [6.07, 6.45) is 5.84. The first-order valence-corrected chi connectivity index (χ1v) is 4.42. The van der Waals surface area contributed by atoms with Crippen molar-refractivity contribution in [3.05, 3.63) is 0 Å². The molecule has 60 valence electrons. The predicted molar refractivity (Wildman–Crippen MR) is 42.6 cm³/mol. The molecule has 0 aromatic carbocycles. The highest BCUT2D eigenvalue weighted by Gasteiger charge is 2.41. The van der Waals surface area contributed by atoms with E-state index in [1.54, 1.807) is 0 Å². The highest BCUT2D eigenvalue weighted by Crippen LogP contribution is 2.45. The van der Waals surface area contributed by atoms with Gasteiger partial charge in [0.1, 0.15) is 5.54 Å². The Balaban J connectivity index is 2.15. The molecule has 11 heavy (non-hydrogen) atoms. The van der Waals surface area contributed by atoms with Gasteiger partial charge in [-0.2, -0.15) is 5.26 Å². The Bertz CT molecular complexity index is 192. The van der Waals surface area contributed by atoms with E-state index in [-0.39, 0.29) is 0 Å². The van der Waals surface area contributed by atoms with Gasteiger partial charge in [0.2, 0.25) is 0 Å². The second kappa shape index (κ2) is 2.22. The fourth-order valence-corrected chi connectivity index (χ4v) is 2.75. The van der Waals surface area contributed by atoms with Crippen molar-refractivity contribution >= 4 is 0 Å². The van der Waals surface area contributed by atoms with Gasteiger partial charge < -0.3 is 5.73 Å². The van der Waals surface area contributed by atoms with Gasteiger partial charge in [0, 0.05) is 0 Å². The summed E-state index contributed by atoms with van der Waals surface area (Å²) in [6, 6.07) is 2.26. The van der Waals surface area contributed by atoms with Crippen LogP contribution in [-0.2, 0) is 0 Å². The maximum atomic E-state index is 8.84. The Kier molecular flexibility index (Phi) is 1.43. The van der Waals surface area contributed by atoms with Crippen LogP contribution in [0.1, 0.15) is 32.1 Å². The molecular formula is C9H14N2. The normalized spacial score (nSPS) is 48.7. The van der Waals surface area contributed by atoms with Crippen LogP contribution in [0.2, 0.25) is 0 Å². The molecule has 3 atom stereocenters. The monoisotopic (exact) mass is 150 g/mol. The number of nitrogens with two attached hydrogens (primary N) is 1. The van der Waals surface area contributed by atoms with Gasteiger partial charge in [0.15, 0.2) is 0 Å². The van der Waals surface area contributed by atoms with Crippen molar-refractivity contribution in [1.29, 1.82) is 5.26 Å². The number of hydrogen-bond donors (Lipinski definition) is 1. The summed E-state index contributed by atoms with van der Waals surface area (Å²) in [5.41, 5.74) is 5.45. The fourth-order valence-electron chi connectivity index (χ4n) is 2.75. The molecule has 2 nitrogen and oxygen atoms in total. The van der Waals surface area contributed by atoms with Crippen molar-refractivity contribution in [3.63, 3.8) is 0 Å². The van der Waals surface area contributed by atoms with Gasteiger partial charge in [-0.25, -0.2) is 0 Å². The van der Waals surface area contributed by atoms with Crippen molar-refractivity contribution in [2.45, 2.75) is 37.6 Å². The average molecular weight is 150 g/mol. The first-order chi connectivity index (χ1) is 5.22. The maximum Gasteiger partial charge on any atom is 0.104 e. The van der Waals surface area contributed by atoms with E-state index in [0.717, 1.165) is 24.7 Å². The maximum absolute atomic E-state index is 8.84. The summed E-state index contributed by atoms with van der Waals surface area (Å²) in [6.45, 7) is 0. The molecule has 2 bridgehead atoms. The minimum absolute atomic E-state index is 0.468. The summed E-state index contributed by atoms with van der Waals surface area (Å²) in [7, 11) is 0. The molecule has 0 radical (unpaired) electrons. The van der Waals surface area contributed by atoms with Gasteiger partial charge in [-0.05, 0) is 31.1 Å². The first kappa shape index (κ1) is 7.12. The molecule has 0 aromatic heterocycles. The lowest BCUT2D eigenvalue weighted by Crippen LogP contribution is -2.43. The Morgan fingerprint density at radius 2 is 1.82 bits per heavy atom. The smallest absolute Gasteiger partial charge is 0.104 e. The van der Waals surface area contributed by atoms with Gasteiger partial charge in [-0.3, -0.25) is 0 Å². The van der Waals surface area contributed by atoms with E-state index in [1.165, 1.54) is 19.3 Å². The molecule has 0 spiro atoms. The van der Waals surface area contributed by atoms with Crippen LogP contribution in [0.15, 0.2) is 0 Å². The molecule has 2 N–H and O–H groups in total. The molecular weight excluding hydrogens is 136 g/mol. The van der Waals surface area contributed by atoms with Gasteiger partial charge in [-0.15, -0.1) is 0 Å². The summed E-state index contributed by atoms with van der Waals surface area (Å²) in [4.78, 5) is 0. The molecule has 0 aliphatic heterocycles. The van der Waals surface area contributed by atoms with Crippen molar-refractivity contribution in [2.24, 2.45) is 17.6 Å². The summed E-state index contributed by atoms with van der Waals surface area (Å²) >= 11 is 0. The summed E-state index contributed by atoms with van der Waals surface area (Å²) in [5.74, 6) is 1.52. The molecule has 0 saturated heterocycles. The van der Waals surface area contributed by atoms with Crippen molar-refractivity contribution < 1.29 is 0 Å².